The van der Waals surface area contributed by atoms with Gasteiger partial charge in [0.15, 0.2) is 0 Å². The summed E-state index contributed by atoms with van der Waals surface area (Å²) in [7, 11) is 3.21. The topological polar surface area (TPSA) is 47.6 Å². The zero-order valence-corrected chi connectivity index (χ0v) is 12.7. The molecule has 4 nitrogen and oxygen atoms in total. The molecule has 0 radical (unpaired) electrons. The van der Waals surface area contributed by atoms with Gasteiger partial charge in [-0.15, -0.1) is 0 Å². The van der Waals surface area contributed by atoms with Gasteiger partial charge in [-0.1, -0.05) is 25.3 Å². The Morgan fingerprint density at radius 1 is 1.14 bits per heavy atom. The third-order valence-electron chi connectivity index (χ3n) is 3.82. The molecule has 1 fully saturated rings. The molecule has 0 aromatic heterocycles. The Morgan fingerprint density at radius 2 is 1.76 bits per heavy atom. The van der Waals surface area contributed by atoms with Crippen LogP contribution >= 0.6 is 0 Å². The first kappa shape index (κ1) is 15.4. The van der Waals surface area contributed by atoms with Crippen molar-refractivity contribution in [2.75, 3.05) is 14.2 Å². The maximum absolute atomic E-state index is 12.0. The summed E-state index contributed by atoms with van der Waals surface area (Å²) in [6.45, 7) is 0. The lowest BCUT2D eigenvalue weighted by Crippen LogP contribution is -2.34. The second-order valence-corrected chi connectivity index (χ2v) is 5.25. The van der Waals surface area contributed by atoms with Gasteiger partial charge in [-0.05, 0) is 31.1 Å². The number of methoxy groups -OCH3 is 2. The summed E-state index contributed by atoms with van der Waals surface area (Å²) < 4.78 is 10.6. The Kier molecular flexibility index (Phi) is 5.67. The summed E-state index contributed by atoms with van der Waals surface area (Å²) in [6, 6.07) is 5.87. The van der Waals surface area contributed by atoms with E-state index in [1.807, 2.05) is 18.2 Å². The van der Waals surface area contributed by atoms with Gasteiger partial charge >= 0.3 is 0 Å². The van der Waals surface area contributed by atoms with Crippen LogP contribution in [0.2, 0.25) is 0 Å². The number of carbonyl (C=O) groups excluding carboxylic acids is 1. The molecule has 4 heteroatoms. The lowest BCUT2D eigenvalue weighted by molar-refractivity contribution is -0.117. The predicted molar refractivity (Wildman–Crippen MR) is 83.6 cm³/mol. The van der Waals surface area contributed by atoms with Crippen LogP contribution < -0.4 is 14.8 Å². The Bertz CT molecular complexity index is 483. The van der Waals surface area contributed by atoms with Crippen molar-refractivity contribution in [2.45, 2.75) is 38.1 Å². The van der Waals surface area contributed by atoms with Crippen LogP contribution in [0.5, 0.6) is 11.5 Å². The SMILES string of the molecule is COc1cccc(OC)c1C=CC(=O)NC1CCCCC1. The summed E-state index contributed by atoms with van der Waals surface area (Å²) in [5.74, 6) is 1.32. The molecule has 1 aliphatic carbocycles. The molecule has 0 atom stereocenters. The van der Waals surface area contributed by atoms with Gasteiger partial charge in [0.1, 0.15) is 11.5 Å². The molecule has 21 heavy (non-hydrogen) atoms. The standard InChI is InChI=1S/C17H23NO3/c1-20-15-9-6-10-16(21-2)14(15)11-12-17(19)18-13-7-4-3-5-8-13/h6,9-13H,3-5,7-8H2,1-2H3,(H,18,19). The summed E-state index contributed by atoms with van der Waals surface area (Å²) >= 11 is 0. The molecule has 0 heterocycles. The smallest absolute Gasteiger partial charge is 0.244 e. The minimum Gasteiger partial charge on any atom is -0.496 e. The van der Waals surface area contributed by atoms with E-state index in [1.54, 1.807) is 26.4 Å². The van der Waals surface area contributed by atoms with Crippen molar-refractivity contribution in [3.8, 4) is 11.5 Å². The third kappa shape index (κ3) is 4.25. The molecular weight excluding hydrogens is 266 g/mol. The molecule has 1 amide bonds. The van der Waals surface area contributed by atoms with E-state index in [9.17, 15) is 4.79 Å². The van der Waals surface area contributed by atoms with E-state index in [4.69, 9.17) is 9.47 Å². The van der Waals surface area contributed by atoms with E-state index in [1.165, 1.54) is 19.3 Å². The molecule has 1 saturated carbocycles. The largest absolute Gasteiger partial charge is 0.496 e. The third-order valence-corrected chi connectivity index (χ3v) is 3.82. The van der Waals surface area contributed by atoms with Gasteiger partial charge in [-0.3, -0.25) is 4.79 Å². The quantitative estimate of drug-likeness (QED) is 0.847. The van der Waals surface area contributed by atoms with Crippen molar-refractivity contribution in [3.05, 3.63) is 29.8 Å². The van der Waals surface area contributed by atoms with Crippen LogP contribution in [0, 0.1) is 0 Å². The number of rotatable bonds is 5. The Morgan fingerprint density at radius 3 is 2.33 bits per heavy atom. The van der Waals surface area contributed by atoms with E-state index < -0.39 is 0 Å². The van der Waals surface area contributed by atoms with E-state index in [-0.39, 0.29) is 5.91 Å². The van der Waals surface area contributed by atoms with Gasteiger partial charge in [0.2, 0.25) is 5.91 Å². The highest BCUT2D eigenvalue weighted by molar-refractivity contribution is 5.92. The first-order chi connectivity index (χ1) is 10.2. The Balaban J connectivity index is 2.04. The lowest BCUT2D eigenvalue weighted by atomic mass is 9.95. The van der Waals surface area contributed by atoms with Crippen molar-refractivity contribution in [2.24, 2.45) is 0 Å². The number of amides is 1. The average molecular weight is 289 g/mol. The van der Waals surface area contributed by atoms with Gasteiger partial charge in [-0.25, -0.2) is 0 Å². The molecule has 0 aliphatic heterocycles. The highest BCUT2D eigenvalue weighted by Crippen LogP contribution is 2.29. The normalized spacial score (nSPS) is 15.9. The lowest BCUT2D eigenvalue weighted by Gasteiger charge is -2.21. The minimum absolute atomic E-state index is 0.0603. The van der Waals surface area contributed by atoms with E-state index in [0.29, 0.717) is 17.5 Å². The second-order valence-electron chi connectivity index (χ2n) is 5.25. The van der Waals surface area contributed by atoms with Crippen LogP contribution in [0.1, 0.15) is 37.7 Å². The van der Waals surface area contributed by atoms with E-state index in [0.717, 1.165) is 18.4 Å². The van der Waals surface area contributed by atoms with Gasteiger partial charge in [0, 0.05) is 12.1 Å². The maximum atomic E-state index is 12.0. The number of benzene rings is 1. The fourth-order valence-corrected chi connectivity index (χ4v) is 2.70. The zero-order valence-electron chi connectivity index (χ0n) is 12.7. The highest BCUT2D eigenvalue weighted by atomic mass is 16.5. The summed E-state index contributed by atoms with van der Waals surface area (Å²) in [5.41, 5.74) is 0.779. The van der Waals surface area contributed by atoms with Crippen LogP contribution in [0.4, 0.5) is 0 Å². The molecule has 0 spiro atoms. The molecule has 1 aromatic carbocycles. The van der Waals surface area contributed by atoms with Crippen LogP contribution in [0.25, 0.3) is 6.08 Å². The van der Waals surface area contributed by atoms with Gasteiger partial charge in [-0.2, -0.15) is 0 Å². The summed E-state index contributed by atoms with van der Waals surface area (Å²) in [6.07, 6.45) is 9.14. The molecule has 1 aromatic rings. The Labute approximate surface area is 126 Å². The van der Waals surface area contributed by atoms with Crippen LogP contribution in [-0.2, 0) is 4.79 Å². The van der Waals surface area contributed by atoms with Crippen molar-refractivity contribution in [3.63, 3.8) is 0 Å². The van der Waals surface area contributed by atoms with Gasteiger partial charge in [0.05, 0.1) is 19.8 Å². The zero-order chi connectivity index (χ0) is 15.1. The first-order valence-electron chi connectivity index (χ1n) is 7.44. The predicted octanol–water partition coefficient (Wildman–Crippen LogP) is 3.17. The van der Waals surface area contributed by atoms with Crippen molar-refractivity contribution < 1.29 is 14.3 Å². The number of ether oxygens (including phenoxy) is 2. The van der Waals surface area contributed by atoms with Crippen LogP contribution in [0.15, 0.2) is 24.3 Å². The van der Waals surface area contributed by atoms with Gasteiger partial charge < -0.3 is 14.8 Å². The molecule has 1 N–H and O–H groups in total. The van der Waals surface area contributed by atoms with E-state index >= 15 is 0 Å². The number of nitrogens with one attached hydrogen (secondary N) is 1. The fourth-order valence-electron chi connectivity index (χ4n) is 2.70. The summed E-state index contributed by atoms with van der Waals surface area (Å²) in [5, 5.41) is 3.06. The summed E-state index contributed by atoms with van der Waals surface area (Å²) in [4.78, 5) is 12.0. The molecule has 0 saturated heterocycles. The minimum atomic E-state index is -0.0603. The van der Waals surface area contributed by atoms with E-state index in [2.05, 4.69) is 5.32 Å². The Hall–Kier alpha value is -1.97. The number of hydrogen-bond acceptors (Lipinski definition) is 3. The fraction of sp³-hybridized carbons (Fsp3) is 0.471. The maximum Gasteiger partial charge on any atom is 0.244 e. The second kappa shape index (κ2) is 7.72. The molecule has 0 bridgehead atoms. The van der Waals surface area contributed by atoms with Crippen molar-refractivity contribution >= 4 is 12.0 Å². The number of carbonyl (C=O) groups is 1. The highest BCUT2D eigenvalue weighted by Gasteiger charge is 2.14. The van der Waals surface area contributed by atoms with Crippen molar-refractivity contribution in [1.82, 2.24) is 5.32 Å². The molecular formula is C17H23NO3. The van der Waals surface area contributed by atoms with Crippen LogP contribution in [-0.4, -0.2) is 26.2 Å². The van der Waals surface area contributed by atoms with Crippen molar-refractivity contribution in [1.29, 1.82) is 0 Å². The molecule has 0 unspecified atom stereocenters. The van der Waals surface area contributed by atoms with Crippen LogP contribution in [0.3, 0.4) is 0 Å². The monoisotopic (exact) mass is 289 g/mol. The first-order valence-corrected chi connectivity index (χ1v) is 7.44. The van der Waals surface area contributed by atoms with Gasteiger partial charge in [0.25, 0.3) is 0 Å². The molecule has 114 valence electrons. The molecule has 2 rings (SSSR count). The molecule has 1 aliphatic rings. The average Bonchev–Trinajstić information content (AvgIpc) is 2.53. The number of hydrogen-bond donors (Lipinski definition) is 1.